The Kier molecular flexibility index (Phi) is 6.78. The van der Waals surface area contributed by atoms with Gasteiger partial charge in [0.2, 0.25) is 17.7 Å². The molecule has 1 amide bonds. The number of carbonyl (C=O) groups excluding carboxylic acids is 1. The zero-order valence-corrected chi connectivity index (χ0v) is 18.9. The molecule has 2 aliphatic heterocycles. The standard InChI is InChI=1S/C22H27F3N6O3/c1-29(2)19(32)16-11-30(12-16)21-27-9-17(10-28-21)31-6-5-15(20(31)33)7-14-3-4-18(26-8-14)34-13-22(23,24)25/h3-4,8-10,15-16,20,33H,5-7,11-13H2,1-2H3. The Hall–Kier alpha value is -3.15. The highest BCUT2D eigenvalue weighted by Crippen LogP contribution is 2.31. The van der Waals surface area contributed by atoms with Crippen LogP contribution in [0.3, 0.4) is 0 Å². The van der Waals surface area contributed by atoms with Gasteiger partial charge in [-0.25, -0.2) is 15.0 Å². The summed E-state index contributed by atoms with van der Waals surface area (Å²) in [7, 11) is 3.48. The third kappa shape index (κ3) is 5.49. The summed E-state index contributed by atoms with van der Waals surface area (Å²) in [5.74, 6) is 0.441. The molecule has 0 saturated carbocycles. The summed E-state index contributed by atoms with van der Waals surface area (Å²) < 4.78 is 41.4. The van der Waals surface area contributed by atoms with Crippen molar-refractivity contribution in [2.45, 2.75) is 25.2 Å². The number of hydrogen-bond donors (Lipinski definition) is 1. The summed E-state index contributed by atoms with van der Waals surface area (Å²) in [6, 6.07) is 3.06. The summed E-state index contributed by atoms with van der Waals surface area (Å²) in [5, 5.41) is 10.8. The number of ether oxygens (including phenoxy) is 1. The fraction of sp³-hybridized carbons (Fsp3) is 0.545. The number of nitrogens with zero attached hydrogens (tertiary/aromatic N) is 6. The quantitative estimate of drug-likeness (QED) is 0.640. The average molecular weight is 480 g/mol. The van der Waals surface area contributed by atoms with Crippen LogP contribution in [-0.4, -0.2) is 83.6 Å². The lowest BCUT2D eigenvalue weighted by Crippen LogP contribution is -2.54. The predicted molar refractivity (Wildman–Crippen MR) is 117 cm³/mol. The minimum absolute atomic E-state index is 0.0424. The lowest BCUT2D eigenvalue weighted by atomic mass is 9.98. The molecule has 2 fully saturated rings. The van der Waals surface area contributed by atoms with Crippen LogP contribution in [0.25, 0.3) is 0 Å². The smallest absolute Gasteiger partial charge is 0.422 e. The van der Waals surface area contributed by atoms with E-state index in [9.17, 15) is 23.1 Å². The molecule has 12 heteroatoms. The van der Waals surface area contributed by atoms with Gasteiger partial charge in [0.15, 0.2) is 6.61 Å². The molecule has 0 aromatic carbocycles. The fourth-order valence-corrected chi connectivity index (χ4v) is 4.19. The topological polar surface area (TPSA) is 94.9 Å². The number of aliphatic hydroxyl groups excluding tert-OH is 1. The van der Waals surface area contributed by atoms with Crippen LogP contribution in [0.1, 0.15) is 12.0 Å². The molecule has 2 saturated heterocycles. The van der Waals surface area contributed by atoms with Gasteiger partial charge in [-0.1, -0.05) is 6.07 Å². The Morgan fingerprint density at radius 3 is 2.47 bits per heavy atom. The van der Waals surface area contributed by atoms with Crippen molar-refractivity contribution >= 4 is 17.5 Å². The van der Waals surface area contributed by atoms with Crippen molar-refractivity contribution in [1.29, 1.82) is 0 Å². The maximum atomic E-state index is 12.3. The second-order valence-corrected chi connectivity index (χ2v) is 8.84. The molecule has 9 nitrogen and oxygen atoms in total. The number of alkyl halides is 3. The van der Waals surface area contributed by atoms with Gasteiger partial charge in [-0.05, 0) is 18.4 Å². The second-order valence-electron chi connectivity index (χ2n) is 8.84. The zero-order chi connectivity index (χ0) is 24.5. The van der Waals surface area contributed by atoms with E-state index in [1.807, 2.05) is 9.80 Å². The Bertz CT molecular complexity index is 981. The van der Waals surface area contributed by atoms with Crippen molar-refractivity contribution in [3.8, 4) is 5.88 Å². The van der Waals surface area contributed by atoms with E-state index in [4.69, 9.17) is 0 Å². The molecule has 2 aromatic heterocycles. The van der Waals surface area contributed by atoms with Crippen LogP contribution >= 0.6 is 0 Å². The van der Waals surface area contributed by atoms with Gasteiger partial charge in [-0.2, -0.15) is 13.2 Å². The van der Waals surface area contributed by atoms with E-state index < -0.39 is 19.0 Å². The Labute approximate surface area is 195 Å². The Morgan fingerprint density at radius 2 is 1.88 bits per heavy atom. The van der Waals surface area contributed by atoms with E-state index in [2.05, 4.69) is 19.7 Å². The highest BCUT2D eigenvalue weighted by atomic mass is 19.4. The summed E-state index contributed by atoms with van der Waals surface area (Å²) in [5.41, 5.74) is 1.51. The maximum Gasteiger partial charge on any atom is 0.422 e. The summed E-state index contributed by atoms with van der Waals surface area (Å²) in [6.07, 6.45) is 0.908. The van der Waals surface area contributed by atoms with Crippen LogP contribution in [0.2, 0.25) is 0 Å². The number of rotatable bonds is 7. The first-order chi connectivity index (χ1) is 16.1. The fourth-order valence-electron chi connectivity index (χ4n) is 4.19. The first kappa shape index (κ1) is 24.0. The first-order valence-corrected chi connectivity index (χ1v) is 11.0. The third-order valence-corrected chi connectivity index (χ3v) is 6.07. The Morgan fingerprint density at radius 1 is 1.18 bits per heavy atom. The van der Waals surface area contributed by atoms with Crippen LogP contribution in [-0.2, 0) is 11.2 Å². The molecular formula is C22H27F3N6O3. The van der Waals surface area contributed by atoms with Gasteiger partial charge < -0.3 is 24.5 Å². The normalized spacial score (nSPS) is 20.9. The monoisotopic (exact) mass is 480 g/mol. The number of aliphatic hydroxyl groups is 1. The van der Waals surface area contributed by atoms with E-state index >= 15 is 0 Å². The first-order valence-electron chi connectivity index (χ1n) is 11.0. The zero-order valence-electron chi connectivity index (χ0n) is 18.9. The van der Waals surface area contributed by atoms with E-state index in [0.717, 1.165) is 12.0 Å². The lowest BCUT2D eigenvalue weighted by molar-refractivity contribution is -0.154. The van der Waals surface area contributed by atoms with Crippen molar-refractivity contribution in [1.82, 2.24) is 19.9 Å². The minimum Gasteiger partial charge on any atom is -0.468 e. The molecule has 4 heterocycles. The van der Waals surface area contributed by atoms with E-state index in [1.165, 1.54) is 12.3 Å². The molecule has 2 atom stereocenters. The van der Waals surface area contributed by atoms with Crippen LogP contribution in [0, 0.1) is 11.8 Å². The summed E-state index contributed by atoms with van der Waals surface area (Å²) in [6.45, 7) is 0.401. The molecule has 0 bridgehead atoms. The van der Waals surface area contributed by atoms with Crippen molar-refractivity contribution in [3.63, 3.8) is 0 Å². The number of amides is 1. The van der Waals surface area contributed by atoms with Crippen molar-refractivity contribution in [3.05, 3.63) is 36.3 Å². The predicted octanol–water partition coefficient (Wildman–Crippen LogP) is 1.72. The molecule has 34 heavy (non-hydrogen) atoms. The van der Waals surface area contributed by atoms with Gasteiger partial charge in [0.05, 0.1) is 24.0 Å². The molecule has 0 aliphatic carbocycles. The number of anilines is 2. The van der Waals surface area contributed by atoms with Crippen LogP contribution in [0.15, 0.2) is 30.7 Å². The molecule has 184 valence electrons. The summed E-state index contributed by atoms with van der Waals surface area (Å²) >= 11 is 0. The van der Waals surface area contributed by atoms with Gasteiger partial charge >= 0.3 is 6.18 Å². The van der Waals surface area contributed by atoms with Gasteiger partial charge in [-0.3, -0.25) is 4.79 Å². The molecular weight excluding hydrogens is 453 g/mol. The number of aromatic nitrogens is 3. The number of hydrogen-bond acceptors (Lipinski definition) is 8. The summed E-state index contributed by atoms with van der Waals surface area (Å²) in [4.78, 5) is 30.1. The molecule has 2 unspecified atom stereocenters. The van der Waals surface area contributed by atoms with Crippen molar-refractivity contribution in [2.75, 3.05) is 50.1 Å². The Balaban J connectivity index is 1.29. The van der Waals surface area contributed by atoms with Crippen molar-refractivity contribution in [2.24, 2.45) is 11.8 Å². The van der Waals surface area contributed by atoms with Gasteiger partial charge in [0.25, 0.3) is 0 Å². The molecule has 0 radical (unpaired) electrons. The second kappa shape index (κ2) is 9.61. The largest absolute Gasteiger partial charge is 0.468 e. The third-order valence-electron chi connectivity index (χ3n) is 6.07. The molecule has 0 spiro atoms. The van der Waals surface area contributed by atoms with Crippen molar-refractivity contribution < 1.29 is 27.8 Å². The number of pyridine rings is 1. The molecule has 2 aromatic rings. The highest BCUT2D eigenvalue weighted by Gasteiger charge is 2.36. The van der Waals surface area contributed by atoms with Crippen LogP contribution in [0.4, 0.5) is 24.8 Å². The van der Waals surface area contributed by atoms with Crippen LogP contribution in [0.5, 0.6) is 5.88 Å². The van der Waals surface area contributed by atoms with E-state index in [1.54, 1.807) is 37.5 Å². The molecule has 4 rings (SSSR count). The lowest BCUT2D eigenvalue weighted by Gasteiger charge is -2.39. The van der Waals surface area contributed by atoms with Gasteiger partial charge in [0.1, 0.15) is 6.23 Å². The van der Waals surface area contributed by atoms with E-state index in [0.29, 0.717) is 37.7 Å². The number of halogens is 3. The van der Waals surface area contributed by atoms with Gasteiger partial charge in [-0.15, -0.1) is 0 Å². The number of carbonyl (C=O) groups is 1. The SMILES string of the molecule is CN(C)C(=O)C1CN(c2ncc(N3CCC(Cc4ccc(OCC(F)(F)F)nc4)C3O)cn2)C1. The molecule has 1 N–H and O–H groups in total. The highest BCUT2D eigenvalue weighted by molar-refractivity contribution is 5.81. The van der Waals surface area contributed by atoms with Gasteiger partial charge in [0, 0.05) is 51.9 Å². The van der Waals surface area contributed by atoms with Crippen LogP contribution < -0.4 is 14.5 Å². The molecule has 2 aliphatic rings. The average Bonchev–Trinajstić information content (AvgIpc) is 3.12. The maximum absolute atomic E-state index is 12.3. The van der Waals surface area contributed by atoms with E-state index in [-0.39, 0.29) is 23.6 Å². The minimum atomic E-state index is -4.41.